The van der Waals surface area contributed by atoms with Crippen LogP contribution in [0.2, 0.25) is 0 Å². The number of hydrogen-bond acceptors (Lipinski definition) is 3. The lowest BCUT2D eigenvalue weighted by molar-refractivity contribution is 0.0868. The van der Waals surface area contributed by atoms with Crippen molar-refractivity contribution in [1.29, 1.82) is 0 Å². The zero-order valence-corrected chi connectivity index (χ0v) is 10.5. The van der Waals surface area contributed by atoms with Crippen LogP contribution in [0.1, 0.15) is 27.2 Å². The minimum absolute atomic E-state index is 0.634. The van der Waals surface area contributed by atoms with Crippen molar-refractivity contribution in [3.05, 3.63) is 0 Å². The number of hydrogen-bond donors (Lipinski definition) is 1. The summed E-state index contributed by atoms with van der Waals surface area (Å²) in [5, 5.41) is 3.45. The summed E-state index contributed by atoms with van der Waals surface area (Å²) in [4.78, 5) is 2.48. The maximum atomic E-state index is 5.62. The lowest BCUT2D eigenvalue weighted by Gasteiger charge is -2.31. The Bertz CT molecular complexity index is 162. The predicted octanol–water partition coefficient (Wildman–Crippen LogP) is 1.34. The molecular formula is C12H26N2O. The first-order chi connectivity index (χ1) is 7.18. The number of ether oxygens (including phenoxy) is 1. The molecule has 1 fully saturated rings. The molecule has 1 N–H and O–H groups in total. The van der Waals surface area contributed by atoms with Gasteiger partial charge in [-0.25, -0.2) is 0 Å². The molecule has 0 bridgehead atoms. The van der Waals surface area contributed by atoms with E-state index in [1.54, 1.807) is 0 Å². The molecule has 15 heavy (non-hydrogen) atoms. The van der Waals surface area contributed by atoms with Crippen molar-refractivity contribution < 1.29 is 4.74 Å². The van der Waals surface area contributed by atoms with Crippen molar-refractivity contribution in [3.63, 3.8) is 0 Å². The fourth-order valence-electron chi connectivity index (χ4n) is 1.83. The normalized spacial score (nSPS) is 23.6. The van der Waals surface area contributed by atoms with Gasteiger partial charge in [-0.15, -0.1) is 0 Å². The summed E-state index contributed by atoms with van der Waals surface area (Å²) in [6.07, 6.45) is 1.18. The summed E-state index contributed by atoms with van der Waals surface area (Å²) in [5.41, 5.74) is 0. The third kappa shape index (κ3) is 6.13. The van der Waals surface area contributed by atoms with E-state index in [1.165, 1.54) is 6.42 Å². The van der Waals surface area contributed by atoms with E-state index < -0.39 is 0 Å². The van der Waals surface area contributed by atoms with Crippen LogP contribution < -0.4 is 5.32 Å². The Morgan fingerprint density at radius 1 is 1.40 bits per heavy atom. The average Bonchev–Trinajstić information content (AvgIpc) is 2.17. The molecule has 1 heterocycles. The fourth-order valence-corrected chi connectivity index (χ4v) is 1.83. The third-order valence-corrected chi connectivity index (χ3v) is 2.84. The van der Waals surface area contributed by atoms with Crippen LogP contribution in [-0.4, -0.2) is 50.3 Å². The van der Waals surface area contributed by atoms with E-state index in [4.69, 9.17) is 4.74 Å². The van der Waals surface area contributed by atoms with Crippen LogP contribution in [0.4, 0.5) is 0 Å². The van der Waals surface area contributed by atoms with Gasteiger partial charge in [-0.3, -0.25) is 4.90 Å². The first-order valence-corrected chi connectivity index (χ1v) is 6.22. The lowest BCUT2D eigenvalue weighted by atomic mass is 10.1. The minimum Gasteiger partial charge on any atom is -0.380 e. The van der Waals surface area contributed by atoms with Crippen molar-refractivity contribution in [2.24, 2.45) is 5.92 Å². The summed E-state index contributed by atoms with van der Waals surface area (Å²) >= 11 is 0. The topological polar surface area (TPSA) is 24.5 Å². The minimum atomic E-state index is 0.634. The SMILES string of the molecule is CC(C)CCOCCN1CCN[C@@H](C)C1. The molecular weight excluding hydrogens is 188 g/mol. The van der Waals surface area contributed by atoms with Gasteiger partial charge in [-0.1, -0.05) is 13.8 Å². The molecule has 0 amide bonds. The standard InChI is InChI=1S/C12H26N2O/c1-11(2)4-8-15-9-7-14-6-5-13-12(3)10-14/h11-13H,4-10H2,1-3H3/t12-/m0/s1. The van der Waals surface area contributed by atoms with Gasteiger partial charge in [0.15, 0.2) is 0 Å². The monoisotopic (exact) mass is 214 g/mol. The van der Waals surface area contributed by atoms with Crippen LogP contribution in [0.25, 0.3) is 0 Å². The van der Waals surface area contributed by atoms with Crippen molar-refractivity contribution in [2.75, 3.05) is 39.4 Å². The van der Waals surface area contributed by atoms with Gasteiger partial charge < -0.3 is 10.1 Å². The molecule has 1 rings (SSSR count). The summed E-state index contributed by atoms with van der Waals surface area (Å²) in [7, 11) is 0. The Kier molecular flexibility index (Phi) is 6.22. The van der Waals surface area contributed by atoms with Gasteiger partial charge in [0.2, 0.25) is 0 Å². The number of nitrogens with zero attached hydrogens (tertiary/aromatic N) is 1. The Morgan fingerprint density at radius 2 is 2.20 bits per heavy atom. The van der Waals surface area contributed by atoms with E-state index in [-0.39, 0.29) is 0 Å². The maximum Gasteiger partial charge on any atom is 0.0593 e. The van der Waals surface area contributed by atoms with Crippen LogP contribution in [0, 0.1) is 5.92 Å². The summed E-state index contributed by atoms with van der Waals surface area (Å²) in [5.74, 6) is 0.754. The second-order valence-electron chi connectivity index (χ2n) is 4.95. The van der Waals surface area contributed by atoms with E-state index in [2.05, 4.69) is 31.0 Å². The van der Waals surface area contributed by atoms with Gasteiger partial charge in [-0.2, -0.15) is 0 Å². The average molecular weight is 214 g/mol. The highest BCUT2D eigenvalue weighted by Gasteiger charge is 2.14. The highest BCUT2D eigenvalue weighted by Crippen LogP contribution is 2.00. The number of nitrogens with one attached hydrogen (secondary N) is 1. The highest BCUT2D eigenvalue weighted by molar-refractivity contribution is 4.74. The van der Waals surface area contributed by atoms with Crippen molar-refractivity contribution in [3.8, 4) is 0 Å². The molecule has 0 spiro atoms. The summed E-state index contributed by atoms with van der Waals surface area (Å²) < 4.78 is 5.62. The summed E-state index contributed by atoms with van der Waals surface area (Å²) in [6, 6.07) is 0.634. The van der Waals surface area contributed by atoms with Gasteiger partial charge in [0.25, 0.3) is 0 Å². The molecule has 0 saturated carbocycles. The largest absolute Gasteiger partial charge is 0.380 e. The van der Waals surface area contributed by atoms with Crippen LogP contribution >= 0.6 is 0 Å². The van der Waals surface area contributed by atoms with Crippen LogP contribution in [0.15, 0.2) is 0 Å². The Balaban J connectivity index is 1.95. The van der Waals surface area contributed by atoms with E-state index in [0.717, 1.165) is 45.3 Å². The lowest BCUT2D eigenvalue weighted by Crippen LogP contribution is -2.49. The van der Waals surface area contributed by atoms with E-state index in [1.807, 2.05) is 0 Å². The molecule has 3 heteroatoms. The maximum absolute atomic E-state index is 5.62. The highest BCUT2D eigenvalue weighted by atomic mass is 16.5. The molecule has 90 valence electrons. The molecule has 1 aliphatic rings. The second-order valence-corrected chi connectivity index (χ2v) is 4.95. The van der Waals surface area contributed by atoms with E-state index >= 15 is 0 Å². The van der Waals surface area contributed by atoms with Gasteiger partial charge >= 0.3 is 0 Å². The zero-order valence-electron chi connectivity index (χ0n) is 10.5. The molecule has 0 aromatic heterocycles. The van der Waals surface area contributed by atoms with Crippen LogP contribution in [-0.2, 0) is 4.74 Å². The van der Waals surface area contributed by atoms with Crippen molar-refractivity contribution >= 4 is 0 Å². The quantitative estimate of drug-likeness (QED) is 0.675. The third-order valence-electron chi connectivity index (χ3n) is 2.84. The van der Waals surface area contributed by atoms with Gasteiger partial charge in [0, 0.05) is 38.8 Å². The van der Waals surface area contributed by atoms with Crippen LogP contribution in [0.5, 0.6) is 0 Å². The Labute approximate surface area is 94.2 Å². The Morgan fingerprint density at radius 3 is 2.87 bits per heavy atom. The molecule has 1 atom stereocenters. The summed E-state index contributed by atoms with van der Waals surface area (Å²) in [6.45, 7) is 13.1. The molecule has 0 aromatic carbocycles. The molecule has 3 nitrogen and oxygen atoms in total. The van der Waals surface area contributed by atoms with Crippen molar-refractivity contribution in [1.82, 2.24) is 10.2 Å². The molecule has 0 aliphatic carbocycles. The first kappa shape index (κ1) is 12.9. The second kappa shape index (κ2) is 7.20. The predicted molar refractivity (Wildman–Crippen MR) is 64.2 cm³/mol. The van der Waals surface area contributed by atoms with E-state index in [9.17, 15) is 0 Å². The molecule has 1 saturated heterocycles. The van der Waals surface area contributed by atoms with Gasteiger partial charge in [0.05, 0.1) is 6.61 Å². The molecule has 1 aliphatic heterocycles. The molecule has 0 radical (unpaired) electrons. The van der Waals surface area contributed by atoms with E-state index in [0.29, 0.717) is 6.04 Å². The molecule has 0 aromatic rings. The number of rotatable bonds is 6. The first-order valence-electron chi connectivity index (χ1n) is 6.22. The van der Waals surface area contributed by atoms with Crippen LogP contribution in [0.3, 0.4) is 0 Å². The zero-order chi connectivity index (χ0) is 11.1. The molecule has 0 unspecified atom stereocenters. The smallest absolute Gasteiger partial charge is 0.0593 e. The fraction of sp³-hybridized carbons (Fsp3) is 1.00. The van der Waals surface area contributed by atoms with Crippen molar-refractivity contribution in [2.45, 2.75) is 33.2 Å². The van der Waals surface area contributed by atoms with Gasteiger partial charge in [-0.05, 0) is 19.3 Å². The Hall–Kier alpha value is -0.120. The van der Waals surface area contributed by atoms with Gasteiger partial charge in [0.1, 0.15) is 0 Å². The number of piperazine rings is 1.